The van der Waals surface area contributed by atoms with Crippen LogP contribution in [0.3, 0.4) is 0 Å². The van der Waals surface area contributed by atoms with E-state index in [1.165, 1.54) is 7.11 Å². The number of amides is 1. The van der Waals surface area contributed by atoms with Gasteiger partial charge in [-0.2, -0.15) is 0 Å². The summed E-state index contributed by atoms with van der Waals surface area (Å²) >= 11 is 5.93. The number of benzene rings is 3. The molecule has 0 fully saturated rings. The van der Waals surface area contributed by atoms with E-state index in [2.05, 4.69) is 5.32 Å². The lowest BCUT2D eigenvalue weighted by atomic mass is 10.0. The van der Waals surface area contributed by atoms with Crippen molar-refractivity contribution in [3.8, 4) is 5.75 Å². The van der Waals surface area contributed by atoms with Gasteiger partial charge in [-0.3, -0.25) is 9.59 Å². The average Bonchev–Trinajstić information content (AvgIpc) is 2.67. The number of hydrogen-bond donors (Lipinski definition) is 1. The van der Waals surface area contributed by atoms with E-state index in [4.69, 9.17) is 21.1 Å². The zero-order valence-electron chi connectivity index (χ0n) is 14.7. The topological polar surface area (TPSA) is 64.6 Å². The van der Waals surface area contributed by atoms with Crippen LogP contribution in [0.25, 0.3) is 10.8 Å². The third-order valence-corrected chi connectivity index (χ3v) is 4.25. The molecule has 0 atom stereocenters. The van der Waals surface area contributed by atoms with Crippen molar-refractivity contribution in [2.45, 2.75) is 6.42 Å². The van der Waals surface area contributed by atoms with Crippen LogP contribution in [0.2, 0.25) is 5.02 Å². The van der Waals surface area contributed by atoms with Gasteiger partial charge in [0.05, 0.1) is 19.2 Å². The number of esters is 1. The Labute approximate surface area is 161 Å². The zero-order valence-corrected chi connectivity index (χ0v) is 15.5. The van der Waals surface area contributed by atoms with Crippen molar-refractivity contribution in [2.24, 2.45) is 0 Å². The van der Waals surface area contributed by atoms with Crippen LogP contribution in [0.4, 0.5) is 5.69 Å². The van der Waals surface area contributed by atoms with Crippen molar-refractivity contribution in [3.63, 3.8) is 0 Å². The maximum atomic E-state index is 12.1. The number of halogens is 1. The summed E-state index contributed by atoms with van der Waals surface area (Å²) in [6.07, 6.45) is 0.0924. The third-order valence-electron chi connectivity index (χ3n) is 4.01. The molecular weight excluding hydrogens is 366 g/mol. The first kappa shape index (κ1) is 18.7. The largest absolute Gasteiger partial charge is 0.495 e. The fourth-order valence-corrected chi connectivity index (χ4v) is 2.94. The van der Waals surface area contributed by atoms with E-state index in [9.17, 15) is 9.59 Å². The fourth-order valence-electron chi connectivity index (χ4n) is 2.76. The minimum atomic E-state index is -0.473. The Morgan fingerprint density at radius 3 is 2.63 bits per heavy atom. The summed E-state index contributed by atoms with van der Waals surface area (Å²) in [6, 6.07) is 18.4. The molecule has 0 saturated carbocycles. The molecule has 0 radical (unpaired) electrons. The maximum Gasteiger partial charge on any atom is 0.310 e. The van der Waals surface area contributed by atoms with Gasteiger partial charge in [0.15, 0.2) is 6.61 Å². The van der Waals surface area contributed by atoms with Crippen LogP contribution in [0.5, 0.6) is 5.75 Å². The number of rotatable bonds is 6. The summed E-state index contributed by atoms with van der Waals surface area (Å²) in [4.78, 5) is 24.2. The molecule has 0 saturated heterocycles. The lowest BCUT2D eigenvalue weighted by molar-refractivity contribution is -0.146. The maximum absolute atomic E-state index is 12.1. The molecule has 0 aromatic heterocycles. The van der Waals surface area contributed by atoms with E-state index < -0.39 is 11.9 Å². The van der Waals surface area contributed by atoms with Crippen LogP contribution >= 0.6 is 11.6 Å². The number of fused-ring (bicyclic) bond motifs is 1. The van der Waals surface area contributed by atoms with E-state index >= 15 is 0 Å². The van der Waals surface area contributed by atoms with Gasteiger partial charge in [0, 0.05) is 5.02 Å². The highest BCUT2D eigenvalue weighted by atomic mass is 35.5. The monoisotopic (exact) mass is 383 g/mol. The Morgan fingerprint density at radius 1 is 1.04 bits per heavy atom. The number of hydrogen-bond acceptors (Lipinski definition) is 4. The van der Waals surface area contributed by atoms with Gasteiger partial charge < -0.3 is 14.8 Å². The van der Waals surface area contributed by atoms with Crippen molar-refractivity contribution in [2.75, 3.05) is 19.0 Å². The number of nitrogens with one attached hydrogen (secondary N) is 1. The van der Waals surface area contributed by atoms with Crippen LogP contribution in [-0.2, 0) is 20.7 Å². The van der Waals surface area contributed by atoms with Crippen LogP contribution in [0.15, 0.2) is 60.7 Å². The van der Waals surface area contributed by atoms with Crippen molar-refractivity contribution >= 4 is 39.9 Å². The minimum Gasteiger partial charge on any atom is -0.495 e. The van der Waals surface area contributed by atoms with Crippen LogP contribution in [0, 0.1) is 0 Å². The highest BCUT2D eigenvalue weighted by molar-refractivity contribution is 6.31. The molecule has 0 bridgehead atoms. The molecule has 0 aliphatic carbocycles. The second-order valence-corrected chi connectivity index (χ2v) is 6.30. The molecule has 3 aromatic rings. The van der Waals surface area contributed by atoms with Gasteiger partial charge in [-0.05, 0) is 34.5 Å². The first-order valence-corrected chi connectivity index (χ1v) is 8.70. The number of ether oxygens (including phenoxy) is 2. The predicted molar refractivity (Wildman–Crippen MR) is 105 cm³/mol. The van der Waals surface area contributed by atoms with Crippen LogP contribution in [0.1, 0.15) is 5.56 Å². The molecule has 1 N–H and O–H groups in total. The van der Waals surface area contributed by atoms with Gasteiger partial charge in [0.2, 0.25) is 0 Å². The first-order chi connectivity index (χ1) is 13.1. The minimum absolute atomic E-state index is 0.0924. The molecule has 5 nitrogen and oxygen atoms in total. The molecule has 138 valence electrons. The number of carbonyl (C=O) groups is 2. The third kappa shape index (κ3) is 4.77. The number of methoxy groups -OCH3 is 1. The normalized spacial score (nSPS) is 10.4. The second-order valence-electron chi connectivity index (χ2n) is 5.87. The molecule has 3 rings (SSSR count). The summed E-state index contributed by atoms with van der Waals surface area (Å²) in [6.45, 7) is -0.390. The molecule has 0 unspecified atom stereocenters. The molecule has 0 aliphatic heterocycles. The van der Waals surface area contributed by atoms with Crippen LogP contribution in [-0.4, -0.2) is 25.6 Å². The van der Waals surface area contributed by atoms with Gasteiger partial charge >= 0.3 is 5.97 Å². The van der Waals surface area contributed by atoms with E-state index in [-0.39, 0.29) is 13.0 Å². The van der Waals surface area contributed by atoms with Crippen LogP contribution < -0.4 is 10.1 Å². The van der Waals surface area contributed by atoms with Crippen molar-refractivity contribution in [1.82, 2.24) is 0 Å². The van der Waals surface area contributed by atoms with E-state index in [1.807, 2.05) is 42.5 Å². The Kier molecular flexibility index (Phi) is 5.94. The second kappa shape index (κ2) is 8.56. The lowest BCUT2D eigenvalue weighted by Crippen LogP contribution is -2.22. The average molecular weight is 384 g/mol. The van der Waals surface area contributed by atoms with E-state index in [0.29, 0.717) is 16.5 Å². The molecule has 0 heterocycles. The summed E-state index contributed by atoms with van der Waals surface area (Å²) in [5, 5.41) is 5.12. The molecule has 0 aliphatic rings. The predicted octanol–water partition coefficient (Wildman–Crippen LogP) is 4.23. The quantitative estimate of drug-likeness (QED) is 0.647. The summed E-state index contributed by atoms with van der Waals surface area (Å²) in [5.74, 6) is -0.476. The Bertz CT molecular complexity index is 982. The van der Waals surface area contributed by atoms with Gasteiger partial charge in [0.1, 0.15) is 5.75 Å². The SMILES string of the molecule is COc1ccc(Cl)cc1NC(=O)COC(=O)Cc1cccc2ccccc12. The molecule has 6 heteroatoms. The number of carbonyl (C=O) groups excluding carboxylic acids is 2. The van der Waals surface area contributed by atoms with Gasteiger partial charge in [0.25, 0.3) is 5.91 Å². The summed E-state index contributed by atoms with van der Waals surface area (Å²) in [7, 11) is 1.49. The van der Waals surface area contributed by atoms with Crippen molar-refractivity contribution in [3.05, 3.63) is 71.2 Å². The van der Waals surface area contributed by atoms with E-state index in [0.717, 1.165) is 16.3 Å². The number of anilines is 1. The Hall–Kier alpha value is -3.05. The molecule has 0 spiro atoms. The molecular formula is C21H18ClNO4. The smallest absolute Gasteiger partial charge is 0.310 e. The van der Waals surface area contributed by atoms with Gasteiger partial charge in [-0.15, -0.1) is 0 Å². The Balaban J connectivity index is 1.59. The van der Waals surface area contributed by atoms with Crippen molar-refractivity contribution < 1.29 is 19.1 Å². The molecule has 1 amide bonds. The van der Waals surface area contributed by atoms with Gasteiger partial charge in [-0.1, -0.05) is 54.1 Å². The summed E-state index contributed by atoms with van der Waals surface area (Å²) < 4.78 is 10.3. The molecule has 3 aromatic carbocycles. The standard InChI is InChI=1S/C21H18ClNO4/c1-26-19-10-9-16(22)12-18(19)23-20(24)13-27-21(25)11-15-7-4-6-14-5-2-3-8-17(14)15/h2-10,12H,11,13H2,1H3,(H,23,24). The Morgan fingerprint density at radius 2 is 1.81 bits per heavy atom. The zero-order chi connectivity index (χ0) is 19.2. The van der Waals surface area contributed by atoms with Gasteiger partial charge in [-0.25, -0.2) is 0 Å². The highest BCUT2D eigenvalue weighted by Gasteiger charge is 2.12. The van der Waals surface area contributed by atoms with E-state index in [1.54, 1.807) is 18.2 Å². The summed E-state index contributed by atoms with van der Waals surface area (Å²) in [5.41, 5.74) is 1.27. The highest BCUT2D eigenvalue weighted by Crippen LogP contribution is 2.27. The first-order valence-electron chi connectivity index (χ1n) is 8.32. The van der Waals surface area contributed by atoms with Crippen molar-refractivity contribution in [1.29, 1.82) is 0 Å². The lowest BCUT2D eigenvalue weighted by Gasteiger charge is -2.11. The fraction of sp³-hybridized carbons (Fsp3) is 0.143. The molecule has 27 heavy (non-hydrogen) atoms.